The van der Waals surface area contributed by atoms with E-state index >= 15 is 0 Å². The summed E-state index contributed by atoms with van der Waals surface area (Å²) in [4.78, 5) is 18.5. The maximum absolute atomic E-state index is 12.6. The van der Waals surface area contributed by atoms with Crippen LogP contribution >= 0.6 is 0 Å². The molecule has 1 atom stereocenters. The highest BCUT2D eigenvalue weighted by Crippen LogP contribution is 2.27. The van der Waals surface area contributed by atoms with Gasteiger partial charge in [0.2, 0.25) is 17.6 Å². The van der Waals surface area contributed by atoms with Crippen molar-refractivity contribution in [2.45, 2.75) is 25.8 Å². The maximum atomic E-state index is 12.6. The quantitative estimate of drug-likeness (QED) is 0.508. The van der Waals surface area contributed by atoms with E-state index in [1.165, 1.54) is 0 Å². The minimum absolute atomic E-state index is 0.0271. The van der Waals surface area contributed by atoms with E-state index in [-0.39, 0.29) is 18.4 Å². The van der Waals surface area contributed by atoms with Crippen LogP contribution in [0.1, 0.15) is 31.0 Å². The summed E-state index contributed by atoms with van der Waals surface area (Å²) in [6.07, 6.45) is 2.17. The number of aryl methyl sites for hydroxylation is 1. The zero-order valence-electron chi connectivity index (χ0n) is 15.1. The van der Waals surface area contributed by atoms with Crippen molar-refractivity contribution in [2.75, 3.05) is 7.05 Å². The molecule has 27 heavy (non-hydrogen) atoms. The Hall–Kier alpha value is -3.35. The molecule has 0 aliphatic rings. The molecule has 7 heteroatoms. The predicted molar refractivity (Wildman–Crippen MR) is 97.7 cm³/mol. The van der Waals surface area contributed by atoms with Crippen LogP contribution < -0.4 is 0 Å². The molecule has 0 radical (unpaired) electrons. The van der Waals surface area contributed by atoms with E-state index in [4.69, 9.17) is 13.4 Å². The Morgan fingerprint density at radius 2 is 2.07 bits per heavy atom. The van der Waals surface area contributed by atoms with Gasteiger partial charge in [-0.1, -0.05) is 23.4 Å². The Kier molecular flexibility index (Phi) is 4.50. The lowest BCUT2D eigenvalue weighted by Crippen LogP contribution is -2.29. The zero-order chi connectivity index (χ0) is 18.8. The zero-order valence-corrected chi connectivity index (χ0v) is 15.1. The van der Waals surface area contributed by atoms with Crippen LogP contribution in [-0.4, -0.2) is 28.0 Å². The minimum atomic E-state index is -0.175. The van der Waals surface area contributed by atoms with Gasteiger partial charge in [-0.05, 0) is 31.2 Å². The molecule has 7 nitrogen and oxygen atoms in total. The molecule has 1 amide bonds. The van der Waals surface area contributed by atoms with Crippen molar-refractivity contribution in [3.8, 4) is 11.6 Å². The lowest BCUT2D eigenvalue weighted by atomic mass is 10.2. The van der Waals surface area contributed by atoms with E-state index in [1.54, 1.807) is 30.3 Å². The largest absolute Gasteiger partial charge is 0.461 e. The van der Waals surface area contributed by atoms with E-state index in [1.807, 2.05) is 37.3 Å². The molecular weight excluding hydrogens is 346 g/mol. The lowest BCUT2D eigenvalue weighted by molar-refractivity contribution is -0.132. The molecule has 3 heterocycles. The summed E-state index contributed by atoms with van der Waals surface area (Å²) >= 11 is 0. The van der Waals surface area contributed by atoms with Crippen LogP contribution in [0.3, 0.4) is 0 Å². The summed E-state index contributed by atoms with van der Waals surface area (Å²) in [6, 6.07) is 13.1. The number of hydrogen-bond donors (Lipinski definition) is 0. The first-order valence-corrected chi connectivity index (χ1v) is 8.72. The summed E-state index contributed by atoms with van der Waals surface area (Å²) in [6.45, 7) is 1.94. The van der Waals surface area contributed by atoms with Crippen LogP contribution in [0, 0.1) is 0 Å². The summed E-state index contributed by atoms with van der Waals surface area (Å²) in [7, 11) is 1.77. The van der Waals surface area contributed by atoms with E-state index < -0.39 is 0 Å². The van der Waals surface area contributed by atoms with Crippen molar-refractivity contribution < 1.29 is 18.2 Å². The molecule has 0 spiro atoms. The number of benzene rings is 1. The fourth-order valence-electron chi connectivity index (χ4n) is 2.87. The molecule has 4 rings (SSSR count). The van der Waals surface area contributed by atoms with Gasteiger partial charge in [-0.2, -0.15) is 4.98 Å². The Morgan fingerprint density at radius 3 is 2.85 bits per heavy atom. The average molecular weight is 365 g/mol. The van der Waals surface area contributed by atoms with Crippen LogP contribution in [0.2, 0.25) is 0 Å². The maximum Gasteiger partial charge on any atom is 0.238 e. The summed E-state index contributed by atoms with van der Waals surface area (Å²) in [5.41, 5.74) is 0.816. The molecule has 0 aliphatic heterocycles. The number of para-hydroxylation sites is 1. The second-order valence-electron chi connectivity index (χ2n) is 6.36. The second kappa shape index (κ2) is 7.11. The van der Waals surface area contributed by atoms with Gasteiger partial charge in [-0.3, -0.25) is 4.79 Å². The van der Waals surface area contributed by atoms with Crippen LogP contribution in [0.4, 0.5) is 0 Å². The van der Waals surface area contributed by atoms with Gasteiger partial charge in [-0.25, -0.2) is 0 Å². The van der Waals surface area contributed by atoms with Gasteiger partial charge in [0.1, 0.15) is 11.3 Å². The van der Waals surface area contributed by atoms with Crippen LogP contribution in [0.5, 0.6) is 0 Å². The van der Waals surface area contributed by atoms with Crippen LogP contribution in [0.25, 0.3) is 22.6 Å². The normalized spacial score (nSPS) is 12.4. The topological polar surface area (TPSA) is 85.5 Å². The van der Waals surface area contributed by atoms with Gasteiger partial charge in [0.15, 0.2) is 5.76 Å². The monoisotopic (exact) mass is 365 g/mol. The third-order valence-electron chi connectivity index (χ3n) is 4.59. The molecule has 0 saturated heterocycles. The number of nitrogens with zero attached hydrogens (tertiary/aromatic N) is 3. The predicted octanol–water partition coefficient (Wildman–Crippen LogP) is 4.23. The van der Waals surface area contributed by atoms with Gasteiger partial charge in [0.25, 0.3) is 0 Å². The SMILES string of the molecule is C[C@@H](c1cc2ccccc2o1)N(C)C(=O)CCc1nc(-c2ccco2)no1. The molecule has 0 unspecified atom stereocenters. The third-order valence-corrected chi connectivity index (χ3v) is 4.59. The Balaban J connectivity index is 1.38. The minimum Gasteiger partial charge on any atom is -0.461 e. The van der Waals surface area contributed by atoms with Gasteiger partial charge >= 0.3 is 0 Å². The second-order valence-corrected chi connectivity index (χ2v) is 6.36. The molecule has 4 aromatic rings. The van der Waals surface area contributed by atoms with Crippen molar-refractivity contribution in [3.05, 3.63) is 60.4 Å². The molecule has 0 fully saturated rings. The van der Waals surface area contributed by atoms with E-state index in [9.17, 15) is 4.79 Å². The molecule has 0 N–H and O–H groups in total. The first kappa shape index (κ1) is 17.1. The van der Waals surface area contributed by atoms with Crippen molar-refractivity contribution in [2.24, 2.45) is 0 Å². The number of fused-ring (bicyclic) bond motifs is 1. The first-order chi connectivity index (χ1) is 13.1. The Labute approximate surface area is 155 Å². The number of hydrogen-bond acceptors (Lipinski definition) is 6. The standard InChI is InChI=1S/C20H19N3O4/c1-13(17-12-14-6-3-4-7-15(14)26-17)23(2)19(24)10-9-18-21-20(22-27-18)16-8-5-11-25-16/h3-8,11-13H,9-10H2,1-2H3/t13-/m0/s1. The smallest absolute Gasteiger partial charge is 0.238 e. The van der Waals surface area contributed by atoms with Crippen molar-refractivity contribution in [1.29, 1.82) is 0 Å². The van der Waals surface area contributed by atoms with Gasteiger partial charge in [-0.15, -0.1) is 0 Å². The van der Waals surface area contributed by atoms with Gasteiger partial charge in [0.05, 0.1) is 12.3 Å². The van der Waals surface area contributed by atoms with Gasteiger partial charge < -0.3 is 18.3 Å². The summed E-state index contributed by atoms with van der Waals surface area (Å²) < 4.78 is 16.3. The van der Waals surface area contributed by atoms with E-state index in [0.29, 0.717) is 23.9 Å². The number of amides is 1. The highest BCUT2D eigenvalue weighted by molar-refractivity contribution is 5.79. The molecule has 0 aliphatic carbocycles. The van der Waals surface area contributed by atoms with E-state index in [0.717, 1.165) is 16.7 Å². The lowest BCUT2D eigenvalue weighted by Gasteiger charge is -2.23. The molecule has 0 bridgehead atoms. The molecule has 3 aromatic heterocycles. The van der Waals surface area contributed by atoms with Gasteiger partial charge in [0, 0.05) is 25.3 Å². The number of carbonyl (C=O) groups is 1. The van der Waals surface area contributed by atoms with E-state index in [2.05, 4.69) is 10.1 Å². The molecule has 138 valence electrons. The number of furan rings is 2. The number of aromatic nitrogens is 2. The summed E-state index contributed by atoms with van der Waals surface area (Å²) in [5.74, 6) is 2.04. The molecular formula is C20H19N3O4. The molecule has 1 aromatic carbocycles. The Morgan fingerprint density at radius 1 is 1.22 bits per heavy atom. The Bertz CT molecular complexity index is 1020. The molecule has 0 saturated carbocycles. The van der Waals surface area contributed by atoms with Crippen molar-refractivity contribution in [1.82, 2.24) is 15.0 Å². The third kappa shape index (κ3) is 3.48. The highest BCUT2D eigenvalue weighted by atomic mass is 16.5. The van der Waals surface area contributed by atoms with Crippen molar-refractivity contribution >= 4 is 16.9 Å². The van der Waals surface area contributed by atoms with Crippen molar-refractivity contribution in [3.63, 3.8) is 0 Å². The fraction of sp³-hybridized carbons (Fsp3) is 0.250. The average Bonchev–Trinajstić information content (AvgIpc) is 3.44. The summed E-state index contributed by atoms with van der Waals surface area (Å²) in [5, 5.41) is 4.89. The van der Waals surface area contributed by atoms with Crippen LogP contribution in [0.15, 0.2) is 62.1 Å². The first-order valence-electron chi connectivity index (χ1n) is 8.72. The van der Waals surface area contributed by atoms with Crippen LogP contribution in [-0.2, 0) is 11.2 Å². The number of rotatable bonds is 6. The number of carbonyl (C=O) groups excluding carboxylic acids is 1. The highest BCUT2D eigenvalue weighted by Gasteiger charge is 2.21. The fourth-order valence-corrected chi connectivity index (χ4v) is 2.87.